The zero-order chi connectivity index (χ0) is 22.0. The Hall–Kier alpha value is -3.19. The summed E-state index contributed by atoms with van der Waals surface area (Å²) < 4.78 is 0. The van der Waals surface area contributed by atoms with Gasteiger partial charge in [-0.25, -0.2) is 14.6 Å². The Morgan fingerprint density at radius 1 is 1.47 bits per heavy atom. The summed E-state index contributed by atoms with van der Waals surface area (Å²) in [6.07, 6.45) is 3.34. The minimum Gasteiger partial charge on any atom is -0.477 e. The van der Waals surface area contributed by atoms with Gasteiger partial charge in [0.2, 0.25) is 0 Å². The molecule has 0 radical (unpaired) electrons. The quantitative estimate of drug-likeness (QED) is 0.239. The molecule has 1 aromatic heterocycles. The third kappa shape index (κ3) is 4.07. The van der Waals surface area contributed by atoms with Crippen LogP contribution in [-0.2, 0) is 24.0 Å². The molecular formula is C17H17N5O6S2. The normalized spacial score (nSPS) is 21.3. The number of amides is 2. The number of β-lactam (4-membered cyclic amide) rings is 1. The maximum atomic E-state index is 12.7. The molecule has 2 amide bonds. The molecule has 11 nitrogen and oxygen atoms in total. The summed E-state index contributed by atoms with van der Waals surface area (Å²) >= 11 is 2.38. The Morgan fingerprint density at radius 3 is 2.77 bits per heavy atom. The maximum Gasteiger partial charge on any atom is 0.352 e. The average molecular weight is 451 g/mol. The predicted octanol–water partition coefficient (Wildman–Crippen LogP) is 0.307. The first-order chi connectivity index (χ1) is 14.2. The highest BCUT2D eigenvalue weighted by molar-refractivity contribution is 8.00. The number of nitrogen functional groups attached to an aromatic ring is 1. The van der Waals surface area contributed by atoms with Crippen molar-refractivity contribution in [1.29, 1.82) is 0 Å². The number of nitrogens with one attached hydrogen (secondary N) is 1. The Balaban J connectivity index is 1.82. The largest absolute Gasteiger partial charge is 0.477 e. The van der Waals surface area contributed by atoms with E-state index in [1.807, 2.05) is 0 Å². The molecule has 13 heteroatoms. The predicted molar refractivity (Wildman–Crippen MR) is 109 cm³/mol. The van der Waals surface area contributed by atoms with Crippen molar-refractivity contribution in [3.63, 3.8) is 0 Å². The molecule has 158 valence electrons. The molecule has 1 saturated heterocycles. The van der Waals surface area contributed by atoms with Gasteiger partial charge in [0.15, 0.2) is 10.8 Å². The van der Waals surface area contributed by atoms with Crippen LogP contribution in [0.15, 0.2) is 34.0 Å². The van der Waals surface area contributed by atoms with Gasteiger partial charge < -0.3 is 21.0 Å². The fraction of sp³-hybridized carbons (Fsp3) is 0.294. The SMILES string of the molecule is C/C=C/C1=C(C(=O)O)N2C(=O)[C@@H](NC(=O)/C(=N\OC(C)=O)c3csc(N)n3)[C@H]2SC1. The average Bonchev–Trinajstić information content (AvgIpc) is 3.11. The number of carbonyl (C=O) groups is 4. The molecule has 0 bridgehead atoms. The Bertz CT molecular complexity index is 1010. The van der Waals surface area contributed by atoms with E-state index in [0.717, 1.165) is 23.2 Å². The van der Waals surface area contributed by atoms with Crippen molar-refractivity contribution in [3.8, 4) is 0 Å². The third-order valence-corrected chi connectivity index (χ3v) is 6.08. The molecule has 1 fully saturated rings. The summed E-state index contributed by atoms with van der Waals surface area (Å²) in [6.45, 7) is 2.86. The molecule has 0 saturated carbocycles. The maximum absolute atomic E-state index is 12.7. The van der Waals surface area contributed by atoms with Crippen LogP contribution in [0.5, 0.6) is 0 Å². The summed E-state index contributed by atoms with van der Waals surface area (Å²) in [7, 11) is 0. The fourth-order valence-electron chi connectivity index (χ4n) is 2.89. The van der Waals surface area contributed by atoms with E-state index < -0.39 is 35.2 Å². The number of fused-ring (bicyclic) bond motifs is 1. The number of thioether (sulfide) groups is 1. The van der Waals surface area contributed by atoms with Gasteiger partial charge in [0, 0.05) is 18.1 Å². The van der Waals surface area contributed by atoms with E-state index in [1.54, 1.807) is 19.1 Å². The molecule has 0 aromatic carbocycles. The Morgan fingerprint density at radius 2 is 2.20 bits per heavy atom. The second kappa shape index (κ2) is 8.67. The lowest BCUT2D eigenvalue weighted by Gasteiger charge is -2.49. The second-order valence-corrected chi connectivity index (χ2v) is 8.13. The zero-order valence-electron chi connectivity index (χ0n) is 15.8. The summed E-state index contributed by atoms with van der Waals surface area (Å²) in [5, 5.41) is 16.6. The van der Waals surface area contributed by atoms with E-state index in [-0.39, 0.29) is 22.2 Å². The molecule has 1 aromatic rings. The van der Waals surface area contributed by atoms with E-state index in [2.05, 4.69) is 20.3 Å². The van der Waals surface area contributed by atoms with E-state index in [0.29, 0.717) is 11.3 Å². The molecular weight excluding hydrogens is 434 g/mol. The van der Waals surface area contributed by atoms with Crippen molar-refractivity contribution in [2.24, 2.45) is 5.16 Å². The van der Waals surface area contributed by atoms with Crippen LogP contribution in [0.25, 0.3) is 0 Å². The molecule has 3 heterocycles. The van der Waals surface area contributed by atoms with Crippen LogP contribution < -0.4 is 11.1 Å². The number of thiazole rings is 1. The first-order valence-electron chi connectivity index (χ1n) is 8.56. The first kappa shape index (κ1) is 21.5. The number of aliphatic carboxylic acids is 1. The number of rotatable bonds is 6. The van der Waals surface area contributed by atoms with Gasteiger partial charge in [-0.3, -0.25) is 14.5 Å². The Labute approximate surface area is 178 Å². The van der Waals surface area contributed by atoms with Crippen LogP contribution in [0.4, 0.5) is 5.13 Å². The molecule has 2 aliphatic rings. The standard InChI is InChI=1S/C17H17N5O6S2/c1-3-4-8-5-29-15-11(14(25)22(15)12(8)16(26)27)20-13(24)10(21-28-7(2)23)9-6-30-17(18)19-9/h3-4,6,11,15H,5H2,1-2H3,(H2,18,19)(H,20,24)(H,26,27)/b4-3+,21-10-/t11-,15-/m1/s1. The summed E-state index contributed by atoms with van der Waals surface area (Å²) in [5.41, 5.74) is 5.75. The number of aromatic nitrogens is 1. The van der Waals surface area contributed by atoms with Gasteiger partial charge in [0.1, 0.15) is 22.8 Å². The van der Waals surface area contributed by atoms with Crippen molar-refractivity contribution >= 4 is 57.7 Å². The lowest BCUT2D eigenvalue weighted by atomic mass is 10.0. The molecule has 0 aliphatic carbocycles. The number of allylic oxidation sites excluding steroid dienone is 2. The minimum atomic E-state index is -1.22. The molecule has 3 rings (SSSR count). The van der Waals surface area contributed by atoms with Crippen LogP contribution in [0.3, 0.4) is 0 Å². The van der Waals surface area contributed by atoms with Crippen molar-refractivity contribution in [2.75, 3.05) is 11.5 Å². The molecule has 0 unspecified atom stereocenters. The number of carbonyl (C=O) groups excluding carboxylic acids is 3. The van der Waals surface area contributed by atoms with Crippen LogP contribution >= 0.6 is 23.1 Å². The third-order valence-electron chi connectivity index (χ3n) is 4.10. The highest BCUT2D eigenvalue weighted by atomic mass is 32.2. The van der Waals surface area contributed by atoms with Gasteiger partial charge in [-0.15, -0.1) is 23.1 Å². The van der Waals surface area contributed by atoms with Crippen molar-refractivity contribution in [3.05, 3.63) is 34.5 Å². The van der Waals surface area contributed by atoms with Crippen molar-refractivity contribution < 1.29 is 29.1 Å². The molecule has 30 heavy (non-hydrogen) atoms. The summed E-state index contributed by atoms with van der Waals surface area (Å²) in [5.74, 6) is -2.97. The number of anilines is 1. The minimum absolute atomic E-state index is 0.0812. The van der Waals surface area contributed by atoms with E-state index in [1.165, 1.54) is 17.1 Å². The van der Waals surface area contributed by atoms with Gasteiger partial charge in [0.05, 0.1) is 0 Å². The molecule has 4 N–H and O–H groups in total. The van der Waals surface area contributed by atoms with Crippen LogP contribution in [0.2, 0.25) is 0 Å². The number of nitrogens with two attached hydrogens (primary N) is 1. The number of carboxylic acid groups (broad SMARTS) is 1. The molecule has 2 aliphatic heterocycles. The molecule has 2 atom stereocenters. The van der Waals surface area contributed by atoms with E-state index in [9.17, 15) is 24.3 Å². The lowest BCUT2D eigenvalue weighted by Crippen LogP contribution is -2.71. The molecule has 0 spiro atoms. The van der Waals surface area contributed by atoms with E-state index in [4.69, 9.17) is 5.73 Å². The van der Waals surface area contributed by atoms with Gasteiger partial charge >= 0.3 is 11.9 Å². The van der Waals surface area contributed by atoms with E-state index >= 15 is 0 Å². The highest BCUT2D eigenvalue weighted by Crippen LogP contribution is 2.40. The Kier molecular flexibility index (Phi) is 6.22. The summed E-state index contributed by atoms with van der Waals surface area (Å²) in [6, 6.07) is -0.970. The van der Waals surface area contributed by atoms with Gasteiger partial charge in [-0.05, 0) is 12.5 Å². The number of hydrogen-bond acceptors (Lipinski definition) is 10. The van der Waals surface area contributed by atoms with Crippen LogP contribution in [0, 0.1) is 0 Å². The smallest absolute Gasteiger partial charge is 0.352 e. The van der Waals surface area contributed by atoms with Crippen LogP contribution in [-0.4, -0.2) is 61.6 Å². The number of hydrogen-bond donors (Lipinski definition) is 3. The van der Waals surface area contributed by atoms with Gasteiger partial charge in [-0.2, -0.15) is 0 Å². The number of carboxylic acids is 1. The monoisotopic (exact) mass is 451 g/mol. The lowest BCUT2D eigenvalue weighted by molar-refractivity contribution is -0.150. The number of oxime groups is 1. The summed E-state index contributed by atoms with van der Waals surface area (Å²) in [4.78, 5) is 57.8. The van der Waals surface area contributed by atoms with Gasteiger partial charge in [-0.1, -0.05) is 17.3 Å². The highest BCUT2D eigenvalue weighted by Gasteiger charge is 2.54. The first-order valence-corrected chi connectivity index (χ1v) is 10.5. The fourth-order valence-corrected chi connectivity index (χ4v) is 4.76. The zero-order valence-corrected chi connectivity index (χ0v) is 17.5. The second-order valence-electron chi connectivity index (χ2n) is 6.13. The van der Waals surface area contributed by atoms with Crippen molar-refractivity contribution in [2.45, 2.75) is 25.3 Å². The topological polar surface area (TPSA) is 164 Å². The number of nitrogens with zero attached hydrogens (tertiary/aromatic N) is 3. The van der Waals surface area contributed by atoms with Crippen molar-refractivity contribution in [1.82, 2.24) is 15.2 Å². The van der Waals surface area contributed by atoms with Gasteiger partial charge in [0.25, 0.3) is 11.8 Å². The van der Waals surface area contributed by atoms with Crippen LogP contribution in [0.1, 0.15) is 19.5 Å².